The number of hydrogen-bond acceptors (Lipinski definition) is 10. The molecule has 0 aliphatic heterocycles. The molecular weight excluding hydrogens is 400 g/mol. The van der Waals surface area contributed by atoms with Crippen molar-refractivity contribution in [1.29, 1.82) is 0 Å². The molecule has 0 amide bonds. The predicted octanol–water partition coefficient (Wildman–Crippen LogP) is 3.46. The van der Waals surface area contributed by atoms with Gasteiger partial charge in [0.2, 0.25) is 0 Å². The van der Waals surface area contributed by atoms with Crippen molar-refractivity contribution in [3.8, 4) is 5.75 Å². The molecule has 0 bridgehead atoms. The van der Waals surface area contributed by atoms with Crippen molar-refractivity contribution in [3.63, 3.8) is 0 Å². The summed E-state index contributed by atoms with van der Waals surface area (Å²) in [5.74, 6) is 0.119. The fraction of sp³-hybridized carbons (Fsp3) is 0.278. The first-order valence-corrected chi connectivity index (χ1v) is 9.27. The lowest BCUT2D eigenvalue weighted by Gasteiger charge is -2.09. The van der Waals surface area contributed by atoms with E-state index in [-0.39, 0.29) is 18.0 Å². The van der Waals surface area contributed by atoms with E-state index in [0.29, 0.717) is 38.8 Å². The zero-order valence-corrected chi connectivity index (χ0v) is 16.7. The summed E-state index contributed by atoms with van der Waals surface area (Å²) in [7, 11) is 2.89. The summed E-state index contributed by atoms with van der Waals surface area (Å²) >= 11 is 1.19. The van der Waals surface area contributed by atoms with Crippen molar-refractivity contribution in [2.24, 2.45) is 0 Å². The second-order valence-electron chi connectivity index (χ2n) is 5.86. The summed E-state index contributed by atoms with van der Waals surface area (Å²) in [6.07, 6.45) is 1.36. The van der Waals surface area contributed by atoms with E-state index in [1.54, 1.807) is 13.0 Å². The Balaban J connectivity index is 1.96. The molecule has 1 aromatic carbocycles. The summed E-state index contributed by atoms with van der Waals surface area (Å²) in [5, 5.41) is 15.0. The van der Waals surface area contributed by atoms with Crippen molar-refractivity contribution in [2.75, 3.05) is 32.8 Å². The molecule has 29 heavy (non-hydrogen) atoms. The highest BCUT2D eigenvalue weighted by Gasteiger charge is 2.21. The monoisotopic (exact) mass is 418 g/mol. The van der Waals surface area contributed by atoms with Crippen molar-refractivity contribution < 1.29 is 23.9 Å². The number of nitro benzene ring substituents is 1. The van der Waals surface area contributed by atoms with Crippen LogP contribution in [0.25, 0.3) is 10.2 Å². The molecule has 10 nitrogen and oxygen atoms in total. The van der Waals surface area contributed by atoms with Crippen LogP contribution in [0.1, 0.15) is 15.2 Å². The van der Waals surface area contributed by atoms with Crippen LogP contribution in [0.4, 0.5) is 17.2 Å². The van der Waals surface area contributed by atoms with E-state index in [2.05, 4.69) is 15.3 Å². The van der Waals surface area contributed by atoms with Gasteiger partial charge in [-0.3, -0.25) is 10.1 Å². The zero-order valence-electron chi connectivity index (χ0n) is 15.9. The molecule has 152 valence electrons. The number of methoxy groups -OCH3 is 2. The SMILES string of the molecule is COCCOC(=O)c1sc2ncnc(Nc3ccc(OC)c([N+](=O)[O-])c3)c2c1C. The number of aryl methyl sites for hydroxylation is 1. The summed E-state index contributed by atoms with van der Waals surface area (Å²) in [4.78, 5) is 32.6. The molecule has 0 saturated carbocycles. The third kappa shape index (κ3) is 4.25. The van der Waals surface area contributed by atoms with Crippen LogP contribution in [-0.4, -0.2) is 48.3 Å². The van der Waals surface area contributed by atoms with E-state index in [4.69, 9.17) is 14.2 Å². The number of esters is 1. The molecule has 0 atom stereocenters. The number of carbonyl (C=O) groups excluding carboxylic acids is 1. The van der Waals surface area contributed by atoms with Gasteiger partial charge in [0.15, 0.2) is 5.75 Å². The van der Waals surface area contributed by atoms with Crippen LogP contribution in [0.15, 0.2) is 24.5 Å². The Bertz CT molecular complexity index is 1070. The number of nitro groups is 1. The van der Waals surface area contributed by atoms with Crippen LogP contribution in [0.5, 0.6) is 5.75 Å². The van der Waals surface area contributed by atoms with Crippen LogP contribution in [-0.2, 0) is 9.47 Å². The maximum atomic E-state index is 12.3. The smallest absolute Gasteiger partial charge is 0.348 e. The molecule has 0 fully saturated rings. The van der Waals surface area contributed by atoms with E-state index in [1.807, 2.05) is 0 Å². The van der Waals surface area contributed by atoms with Crippen LogP contribution >= 0.6 is 11.3 Å². The highest BCUT2D eigenvalue weighted by atomic mass is 32.1. The first kappa shape index (κ1) is 20.4. The fourth-order valence-corrected chi connectivity index (χ4v) is 3.73. The number of carbonyl (C=O) groups is 1. The number of rotatable bonds is 8. The number of fused-ring (bicyclic) bond motifs is 1. The molecule has 0 spiro atoms. The molecule has 2 aromatic heterocycles. The molecule has 0 unspecified atom stereocenters. The van der Waals surface area contributed by atoms with E-state index < -0.39 is 10.9 Å². The molecular formula is C18H18N4O6S. The van der Waals surface area contributed by atoms with Crippen LogP contribution in [0, 0.1) is 17.0 Å². The third-order valence-corrected chi connectivity index (χ3v) is 5.25. The van der Waals surface area contributed by atoms with E-state index in [9.17, 15) is 14.9 Å². The lowest BCUT2D eigenvalue weighted by molar-refractivity contribution is -0.385. The van der Waals surface area contributed by atoms with Crippen molar-refractivity contribution in [3.05, 3.63) is 45.1 Å². The number of hydrogen-bond donors (Lipinski definition) is 1. The Labute approximate surface area is 169 Å². The highest BCUT2D eigenvalue weighted by Crippen LogP contribution is 2.36. The molecule has 1 N–H and O–H groups in total. The predicted molar refractivity (Wildman–Crippen MR) is 107 cm³/mol. The molecule has 3 aromatic rings. The van der Waals surface area contributed by atoms with Crippen LogP contribution in [0.2, 0.25) is 0 Å². The maximum absolute atomic E-state index is 12.3. The molecule has 3 rings (SSSR count). The molecule has 0 aliphatic rings. The number of nitrogens with zero attached hydrogens (tertiary/aromatic N) is 3. The first-order chi connectivity index (χ1) is 14.0. The summed E-state index contributed by atoms with van der Waals surface area (Å²) in [5.41, 5.74) is 0.943. The Morgan fingerprint density at radius 3 is 2.76 bits per heavy atom. The second-order valence-corrected chi connectivity index (χ2v) is 6.86. The summed E-state index contributed by atoms with van der Waals surface area (Å²) < 4.78 is 15.1. The summed E-state index contributed by atoms with van der Waals surface area (Å²) in [6, 6.07) is 4.49. The lowest BCUT2D eigenvalue weighted by atomic mass is 10.2. The maximum Gasteiger partial charge on any atom is 0.348 e. The zero-order chi connectivity index (χ0) is 21.0. The third-order valence-electron chi connectivity index (χ3n) is 4.07. The topological polar surface area (TPSA) is 126 Å². The highest BCUT2D eigenvalue weighted by molar-refractivity contribution is 7.20. The Morgan fingerprint density at radius 1 is 1.28 bits per heavy atom. The van der Waals surface area contributed by atoms with Gasteiger partial charge in [0.25, 0.3) is 0 Å². The number of nitrogens with one attached hydrogen (secondary N) is 1. The molecule has 0 saturated heterocycles. The largest absolute Gasteiger partial charge is 0.490 e. The Kier molecular flexibility index (Phi) is 6.20. The van der Waals surface area contributed by atoms with Crippen molar-refractivity contribution >= 4 is 44.7 Å². The van der Waals surface area contributed by atoms with Gasteiger partial charge < -0.3 is 19.5 Å². The molecule has 2 heterocycles. The van der Waals surface area contributed by atoms with Gasteiger partial charge in [-0.2, -0.15) is 0 Å². The minimum atomic E-state index is -0.524. The first-order valence-electron chi connectivity index (χ1n) is 8.45. The molecule has 0 radical (unpaired) electrons. The number of benzene rings is 1. The van der Waals surface area contributed by atoms with Gasteiger partial charge in [0.05, 0.1) is 24.0 Å². The van der Waals surface area contributed by atoms with Gasteiger partial charge in [-0.05, 0) is 24.6 Å². The standard InChI is InChI=1S/C18H18N4O6S/c1-10-14-16(21-11-4-5-13(27-3)12(8-11)22(24)25)19-9-20-17(14)29-15(10)18(23)28-7-6-26-2/h4-5,8-9H,6-7H2,1-3H3,(H,19,20,21). The quantitative estimate of drug-likeness (QED) is 0.253. The number of anilines is 2. The summed E-state index contributed by atoms with van der Waals surface area (Å²) in [6.45, 7) is 2.23. The molecule has 11 heteroatoms. The second kappa shape index (κ2) is 8.80. The van der Waals surface area contributed by atoms with E-state index in [0.717, 1.165) is 0 Å². The average Bonchev–Trinajstić information content (AvgIpc) is 3.05. The van der Waals surface area contributed by atoms with E-state index in [1.165, 1.54) is 44.0 Å². The van der Waals surface area contributed by atoms with E-state index >= 15 is 0 Å². The van der Waals surface area contributed by atoms with Crippen LogP contribution in [0.3, 0.4) is 0 Å². The van der Waals surface area contributed by atoms with Gasteiger partial charge in [0.1, 0.15) is 28.5 Å². The van der Waals surface area contributed by atoms with Gasteiger partial charge in [-0.1, -0.05) is 0 Å². The molecule has 0 aliphatic carbocycles. The Hall–Kier alpha value is -3.31. The normalized spacial score (nSPS) is 10.7. The minimum absolute atomic E-state index is 0.148. The average molecular weight is 418 g/mol. The number of ether oxygens (including phenoxy) is 3. The minimum Gasteiger partial charge on any atom is -0.490 e. The van der Waals surface area contributed by atoms with Gasteiger partial charge in [0, 0.05) is 18.9 Å². The Morgan fingerprint density at radius 2 is 2.07 bits per heavy atom. The van der Waals surface area contributed by atoms with Gasteiger partial charge in [-0.15, -0.1) is 11.3 Å². The van der Waals surface area contributed by atoms with Gasteiger partial charge in [-0.25, -0.2) is 14.8 Å². The number of thiophene rings is 1. The van der Waals surface area contributed by atoms with Crippen molar-refractivity contribution in [1.82, 2.24) is 9.97 Å². The number of aromatic nitrogens is 2. The lowest BCUT2D eigenvalue weighted by Crippen LogP contribution is -2.09. The fourth-order valence-electron chi connectivity index (χ4n) is 2.69. The van der Waals surface area contributed by atoms with Crippen LogP contribution < -0.4 is 10.1 Å². The van der Waals surface area contributed by atoms with Crippen molar-refractivity contribution in [2.45, 2.75) is 6.92 Å². The van der Waals surface area contributed by atoms with Gasteiger partial charge >= 0.3 is 11.7 Å².